The third-order valence-electron chi connectivity index (χ3n) is 2.04. The molecule has 0 aromatic carbocycles. The molecule has 3 amide bonds. The van der Waals surface area contributed by atoms with E-state index in [9.17, 15) is 14.4 Å². The highest BCUT2D eigenvalue weighted by Crippen LogP contribution is 2.03. The number of hydrogen-bond donors (Lipinski definition) is 1. The van der Waals surface area contributed by atoms with Crippen molar-refractivity contribution in [2.75, 3.05) is 13.1 Å². The topological polar surface area (TPSA) is 66.5 Å². The number of carbonyl (C=O) groups excluding carboxylic acids is 3. The molecule has 0 saturated carbocycles. The maximum absolute atomic E-state index is 11.2. The van der Waals surface area contributed by atoms with E-state index in [1.807, 2.05) is 20.8 Å². The molecule has 0 fully saturated rings. The van der Waals surface area contributed by atoms with Gasteiger partial charge in [0.2, 0.25) is 5.91 Å². The van der Waals surface area contributed by atoms with Crippen molar-refractivity contribution in [2.45, 2.75) is 33.6 Å². The van der Waals surface area contributed by atoms with Gasteiger partial charge < -0.3 is 5.32 Å². The van der Waals surface area contributed by atoms with E-state index >= 15 is 0 Å². The van der Waals surface area contributed by atoms with Crippen LogP contribution in [-0.2, 0) is 14.4 Å². The van der Waals surface area contributed by atoms with Crippen LogP contribution in [0, 0.1) is 0 Å². The molecule has 0 radical (unpaired) electrons. The molecule has 0 atom stereocenters. The van der Waals surface area contributed by atoms with Crippen LogP contribution in [0.3, 0.4) is 0 Å². The van der Waals surface area contributed by atoms with Crippen molar-refractivity contribution >= 4 is 17.7 Å². The second-order valence-electron chi connectivity index (χ2n) is 3.26. The van der Waals surface area contributed by atoms with Crippen LogP contribution in [0.2, 0.25) is 0 Å². The zero-order valence-electron chi connectivity index (χ0n) is 10.7. The van der Waals surface area contributed by atoms with Crippen LogP contribution < -0.4 is 5.32 Å². The first-order valence-electron chi connectivity index (χ1n) is 5.95. The largest absolute Gasteiger partial charge is 0.356 e. The lowest BCUT2D eigenvalue weighted by molar-refractivity contribution is -0.137. The van der Waals surface area contributed by atoms with Crippen LogP contribution >= 0.6 is 0 Å². The van der Waals surface area contributed by atoms with Gasteiger partial charge in [0.25, 0.3) is 11.8 Å². The summed E-state index contributed by atoms with van der Waals surface area (Å²) < 4.78 is 0. The summed E-state index contributed by atoms with van der Waals surface area (Å²) in [6.07, 6.45) is 3.46. The number of carbonyl (C=O) groups is 3. The summed E-state index contributed by atoms with van der Waals surface area (Å²) in [6.45, 7) is 6.73. The number of amides is 3. The first kappa shape index (κ1) is 15.3. The van der Waals surface area contributed by atoms with Gasteiger partial charge in [0.05, 0.1) is 0 Å². The lowest BCUT2D eigenvalue weighted by atomic mass is 10.3. The Hall–Kier alpha value is -1.65. The van der Waals surface area contributed by atoms with Crippen molar-refractivity contribution in [1.29, 1.82) is 0 Å². The number of hydrogen-bond acceptors (Lipinski definition) is 3. The second kappa shape index (κ2) is 8.50. The number of nitrogens with zero attached hydrogens (tertiary/aromatic N) is 1. The van der Waals surface area contributed by atoms with Gasteiger partial charge in [-0.25, -0.2) is 0 Å². The summed E-state index contributed by atoms with van der Waals surface area (Å²) in [4.78, 5) is 34.4. The van der Waals surface area contributed by atoms with E-state index in [1.54, 1.807) is 0 Å². The highest BCUT2D eigenvalue weighted by Gasteiger charge is 2.23. The van der Waals surface area contributed by atoms with Gasteiger partial charge >= 0.3 is 0 Å². The Bertz CT molecular complexity index is 298. The molecule has 0 bridgehead atoms. The van der Waals surface area contributed by atoms with Crippen LogP contribution in [0.15, 0.2) is 12.2 Å². The second-order valence-corrected chi connectivity index (χ2v) is 3.26. The minimum absolute atomic E-state index is 0. The van der Waals surface area contributed by atoms with Gasteiger partial charge in [0.15, 0.2) is 0 Å². The zero-order chi connectivity index (χ0) is 13.3. The average Bonchev–Trinajstić information content (AvgIpc) is 2.66. The van der Waals surface area contributed by atoms with E-state index in [2.05, 4.69) is 5.32 Å². The molecule has 0 unspecified atom stereocenters. The molecule has 98 valence electrons. The highest BCUT2D eigenvalue weighted by atomic mass is 16.2. The van der Waals surface area contributed by atoms with E-state index in [-0.39, 0.29) is 32.1 Å². The molecular weight excluding hydrogens is 220 g/mol. The fraction of sp³-hybridized carbons (Fsp3) is 0.583. The van der Waals surface area contributed by atoms with Gasteiger partial charge in [0, 0.05) is 33.1 Å². The average molecular weight is 242 g/mol. The van der Waals surface area contributed by atoms with Gasteiger partial charge in [-0.3, -0.25) is 19.3 Å². The van der Waals surface area contributed by atoms with Crippen LogP contribution in [0.25, 0.3) is 0 Å². The molecule has 17 heavy (non-hydrogen) atoms. The third-order valence-corrected chi connectivity index (χ3v) is 2.04. The first-order valence-corrected chi connectivity index (χ1v) is 5.95. The molecule has 1 rings (SSSR count). The van der Waals surface area contributed by atoms with E-state index in [4.69, 9.17) is 0 Å². The fourth-order valence-electron chi connectivity index (χ4n) is 1.22. The zero-order valence-corrected chi connectivity index (χ0v) is 10.7. The van der Waals surface area contributed by atoms with Gasteiger partial charge in [-0.05, 0) is 6.42 Å². The number of imide groups is 1. The van der Waals surface area contributed by atoms with Crippen molar-refractivity contribution in [3.63, 3.8) is 0 Å². The SMILES string of the molecule is CC.CCCNC(=O)CCN1C(=O)C=CC1=O.[HH]. The molecule has 5 heteroatoms. The molecular formula is C12H22N2O3. The minimum Gasteiger partial charge on any atom is -0.356 e. The minimum atomic E-state index is -0.344. The van der Waals surface area contributed by atoms with Crippen molar-refractivity contribution in [2.24, 2.45) is 0 Å². The maximum atomic E-state index is 11.2. The predicted molar refractivity (Wildman–Crippen MR) is 67.2 cm³/mol. The van der Waals surface area contributed by atoms with Crippen molar-refractivity contribution < 1.29 is 15.8 Å². The highest BCUT2D eigenvalue weighted by molar-refractivity contribution is 6.13. The smallest absolute Gasteiger partial charge is 0.253 e. The fourth-order valence-corrected chi connectivity index (χ4v) is 1.22. The Morgan fingerprint density at radius 1 is 1.29 bits per heavy atom. The third kappa shape index (κ3) is 5.29. The number of rotatable bonds is 5. The summed E-state index contributed by atoms with van der Waals surface area (Å²) in [5, 5.41) is 2.68. The summed E-state index contributed by atoms with van der Waals surface area (Å²) in [7, 11) is 0. The van der Waals surface area contributed by atoms with Crippen LogP contribution in [0.1, 0.15) is 35.0 Å². The van der Waals surface area contributed by atoms with Gasteiger partial charge in [-0.15, -0.1) is 0 Å². The van der Waals surface area contributed by atoms with E-state index in [0.717, 1.165) is 11.3 Å². The Balaban J connectivity index is 0. The predicted octanol–water partition coefficient (Wildman–Crippen LogP) is 1.10. The van der Waals surface area contributed by atoms with Crippen molar-refractivity contribution in [1.82, 2.24) is 10.2 Å². The lowest BCUT2D eigenvalue weighted by Gasteiger charge is -2.12. The van der Waals surface area contributed by atoms with Crippen LogP contribution in [0.4, 0.5) is 0 Å². The van der Waals surface area contributed by atoms with Gasteiger partial charge in [-0.2, -0.15) is 0 Å². The van der Waals surface area contributed by atoms with Gasteiger partial charge in [-0.1, -0.05) is 20.8 Å². The van der Waals surface area contributed by atoms with Crippen molar-refractivity contribution in [3.8, 4) is 0 Å². The summed E-state index contributed by atoms with van der Waals surface area (Å²) in [5.41, 5.74) is 0. The Kier molecular flexibility index (Phi) is 7.67. The molecule has 0 aromatic rings. The first-order chi connectivity index (χ1) is 8.15. The van der Waals surface area contributed by atoms with E-state index in [1.165, 1.54) is 12.2 Å². The molecule has 0 aliphatic carbocycles. The van der Waals surface area contributed by atoms with E-state index < -0.39 is 0 Å². The monoisotopic (exact) mass is 242 g/mol. The molecule has 1 aliphatic heterocycles. The quantitative estimate of drug-likeness (QED) is 0.734. The Labute approximate surface area is 103 Å². The molecule has 5 nitrogen and oxygen atoms in total. The molecule has 1 aliphatic rings. The standard InChI is InChI=1S/C10H14N2O3.C2H6.H2/c1-2-6-11-8(13)5-7-12-9(14)3-4-10(12)15;1-2;/h3-4H,2,5-7H2,1H3,(H,11,13);1-2H3;1H. The van der Waals surface area contributed by atoms with Crippen molar-refractivity contribution in [3.05, 3.63) is 12.2 Å². The van der Waals surface area contributed by atoms with Gasteiger partial charge in [0.1, 0.15) is 0 Å². The maximum Gasteiger partial charge on any atom is 0.253 e. The molecule has 0 aromatic heterocycles. The van der Waals surface area contributed by atoms with Crippen LogP contribution in [-0.4, -0.2) is 35.7 Å². The molecule has 1 heterocycles. The van der Waals surface area contributed by atoms with E-state index in [0.29, 0.717) is 6.54 Å². The normalized spacial score (nSPS) is 13.5. The molecule has 0 saturated heterocycles. The summed E-state index contributed by atoms with van der Waals surface area (Å²) in [5.74, 6) is -0.823. The summed E-state index contributed by atoms with van der Waals surface area (Å²) >= 11 is 0. The number of nitrogens with one attached hydrogen (secondary N) is 1. The summed E-state index contributed by atoms with van der Waals surface area (Å²) in [6, 6.07) is 0. The molecule has 1 N–H and O–H groups in total. The lowest BCUT2D eigenvalue weighted by Crippen LogP contribution is -2.34. The molecule has 0 spiro atoms. The Morgan fingerprint density at radius 3 is 2.29 bits per heavy atom. The Morgan fingerprint density at radius 2 is 1.82 bits per heavy atom. The van der Waals surface area contributed by atoms with Crippen LogP contribution in [0.5, 0.6) is 0 Å².